The van der Waals surface area contributed by atoms with E-state index in [-0.39, 0.29) is 11.9 Å². The molecule has 0 bridgehead atoms. The molecule has 5 heteroatoms. The van der Waals surface area contributed by atoms with E-state index in [9.17, 15) is 4.79 Å². The number of hydrogen-bond donors (Lipinski definition) is 2. The van der Waals surface area contributed by atoms with Gasteiger partial charge in [-0.3, -0.25) is 4.79 Å². The molecule has 2 rings (SSSR count). The van der Waals surface area contributed by atoms with Crippen LogP contribution in [0.5, 0.6) is 0 Å². The van der Waals surface area contributed by atoms with E-state index < -0.39 is 0 Å². The molecule has 0 spiro atoms. The SMILES string of the molecule is CC(C(=O)NC(C)c1nccs1)=C1CNC1. The van der Waals surface area contributed by atoms with Crippen molar-refractivity contribution in [2.45, 2.75) is 19.9 Å². The second-order valence-corrected chi connectivity index (χ2v) is 4.82. The molecule has 0 saturated carbocycles. The monoisotopic (exact) mass is 237 g/mol. The lowest BCUT2D eigenvalue weighted by Crippen LogP contribution is -2.38. The van der Waals surface area contributed by atoms with Gasteiger partial charge < -0.3 is 10.6 Å². The maximum Gasteiger partial charge on any atom is 0.247 e. The summed E-state index contributed by atoms with van der Waals surface area (Å²) in [6.45, 7) is 5.50. The average Bonchev–Trinajstić information content (AvgIpc) is 2.67. The highest BCUT2D eigenvalue weighted by Crippen LogP contribution is 2.16. The van der Waals surface area contributed by atoms with Gasteiger partial charge in [0.15, 0.2) is 0 Å². The second-order valence-electron chi connectivity index (χ2n) is 3.90. The number of nitrogens with one attached hydrogen (secondary N) is 2. The number of thiazole rings is 1. The Morgan fingerprint density at radius 3 is 2.88 bits per heavy atom. The molecule has 1 aromatic heterocycles. The van der Waals surface area contributed by atoms with Gasteiger partial charge in [-0.05, 0) is 19.4 Å². The van der Waals surface area contributed by atoms with Gasteiger partial charge >= 0.3 is 0 Å². The van der Waals surface area contributed by atoms with Crippen molar-refractivity contribution >= 4 is 17.2 Å². The standard InChI is InChI=1S/C11H15N3OS/c1-7(9-5-12-6-9)10(15)14-8(2)11-13-3-4-16-11/h3-4,8,12H,5-6H2,1-2H3,(H,14,15). The van der Waals surface area contributed by atoms with Crippen LogP contribution in [-0.4, -0.2) is 24.0 Å². The summed E-state index contributed by atoms with van der Waals surface area (Å²) in [7, 11) is 0. The summed E-state index contributed by atoms with van der Waals surface area (Å²) in [4.78, 5) is 16.0. The summed E-state index contributed by atoms with van der Waals surface area (Å²) in [5.41, 5.74) is 2.03. The lowest BCUT2D eigenvalue weighted by Gasteiger charge is -2.22. The molecule has 4 nitrogen and oxygen atoms in total. The zero-order chi connectivity index (χ0) is 11.5. The van der Waals surface area contributed by atoms with Gasteiger partial charge in [-0.25, -0.2) is 4.98 Å². The predicted octanol–water partition coefficient (Wildman–Crippen LogP) is 1.24. The summed E-state index contributed by atoms with van der Waals surface area (Å²) in [6.07, 6.45) is 1.75. The van der Waals surface area contributed by atoms with Crippen molar-refractivity contribution in [3.63, 3.8) is 0 Å². The molecule has 1 fully saturated rings. The minimum atomic E-state index is -0.0175. The first-order valence-electron chi connectivity index (χ1n) is 5.28. The fourth-order valence-electron chi connectivity index (χ4n) is 1.49. The van der Waals surface area contributed by atoms with Crippen molar-refractivity contribution < 1.29 is 4.79 Å². The normalized spacial score (nSPS) is 16.5. The van der Waals surface area contributed by atoms with Crippen molar-refractivity contribution in [2.75, 3.05) is 13.1 Å². The number of rotatable bonds is 3. The summed E-state index contributed by atoms with van der Waals surface area (Å²) in [5.74, 6) is 0.0131. The Morgan fingerprint density at radius 2 is 2.38 bits per heavy atom. The third-order valence-corrected chi connectivity index (χ3v) is 3.68. The summed E-state index contributed by atoms with van der Waals surface area (Å²) >= 11 is 1.56. The number of nitrogens with zero attached hydrogens (tertiary/aromatic N) is 1. The minimum absolute atomic E-state index is 0.0131. The molecule has 0 aromatic carbocycles. The van der Waals surface area contributed by atoms with Gasteiger partial charge in [0, 0.05) is 30.2 Å². The number of aromatic nitrogens is 1. The Kier molecular flexibility index (Phi) is 3.36. The Bertz CT molecular complexity index is 405. The smallest absolute Gasteiger partial charge is 0.247 e. The van der Waals surface area contributed by atoms with Crippen molar-refractivity contribution in [1.82, 2.24) is 15.6 Å². The predicted molar refractivity (Wildman–Crippen MR) is 64.2 cm³/mol. The first kappa shape index (κ1) is 11.3. The van der Waals surface area contributed by atoms with Crippen LogP contribution in [0.4, 0.5) is 0 Å². The largest absolute Gasteiger partial charge is 0.343 e. The summed E-state index contributed by atoms with van der Waals surface area (Å²) < 4.78 is 0. The fraction of sp³-hybridized carbons (Fsp3) is 0.455. The van der Waals surface area contributed by atoms with E-state index >= 15 is 0 Å². The molecule has 0 radical (unpaired) electrons. The van der Waals surface area contributed by atoms with E-state index in [2.05, 4.69) is 15.6 Å². The summed E-state index contributed by atoms with van der Waals surface area (Å²) in [5, 5.41) is 8.94. The molecule has 1 aliphatic rings. The van der Waals surface area contributed by atoms with Gasteiger partial charge in [0.25, 0.3) is 0 Å². The Morgan fingerprint density at radius 1 is 1.62 bits per heavy atom. The van der Waals surface area contributed by atoms with Crippen LogP contribution in [0.3, 0.4) is 0 Å². The number of carbonyl (C=O) groups is 1. The van der Waals surface area contributed by atoms with E-state index in [0.29, 0.717) is 0 Å². The number of hydrogen-bond acceptors (Lipinski definition) is 4. The number of carbonyl (C=O) groups excluding carboxylic acids is 1. The molecular formula is C11H15N3OS. The van der Waals surface area contributed by atoms with Crippen LogP contribution in [0.25, 0.3) is 0 Å². The highest BCUT2D eigenvalue weighted by Gasteiger charge is 2.18. The third-order valence-electron chi connectivity index (χ3n) is 2.72. The Hall–Kier alpha value is -1.20. The molecule has 86 valence electrons. The van der Waals surface area contributed by atoms with Crippen LogP contribution < -0.4 is 10.6 Å². The molecule has 1 saturated heterocycles. The van der Waals surface area contributed by atoms with Crippen LogP contribution in [0.2, 0.25) is 0 Å². The molecule has 2 heterocycles. The Balaban J connectivity index is 1.97. The molecule has 16 heavy (non-hydrogen) atoms. The van der Waals surface area contributed by atoms with Crippen LogP contribution in [-0.2, 0) is 4.79 Å². The van der Waals surface area contributed by atoms with Gasteiger partial charge in [-0.15, -0.1) is 11.3 Å². The lowest BCUT2D eigenvalue weighted by molar-refractivity contribution is -0.118. The fourth-order valence-corrected chi connectivity index (χ4v) is 2.14. The van der Waals surface area contributed by atoms with Crippen LogP contribution in [0, 0.1) is 0 Å². The maximum absolute atomic E-state index is 11.9. The van der Waals surface area contributed by atoms with Gasteiger partial charge in [-0.1, -0.05) is 0 Å². The molecule has 1 aromatic rings. The first-order valence-corrected chi connectivity index (χ1v) is 6.16. The maximum atomic E-state index is 11.9. The minimum Gasteiger partial charge on any atom is -0.343 e. The summed E-state index contributed by atoms with van der Waals surface area (Å²) in [6, 6.07) is -0.0175. The molecule has 0 aliphatic carbocycles. The van der Waals surface area contributed by atoms with Crippen LogP contribution in [0.15, 0.2) is 22.7 Å². The number of amides is 1. The first-order chi connectivity index (χ1) is 7.68. The van der Waals surface area contributed by atoms with Crippen LogP contribution >= 0.6 is 11.3 Å². The van der Waals surface area contributed by atoms with Crippen molar-refractivity contribution in [3.05, 3.63) is 27.7 Å². The zero-order valence-electron chi connectivity index (χ0n) is 9.41. The van der Waals surface area contributed by atoms with Gasteiger partial charge in [0.05, 0.1) is 6.04 Å². The quantitative estimate of drug-likeness (QED) is 0.778. The van der Waals surface area contributed by atoms with E-state index in [1.807, 2.05) is 19.2 Å². The molecule has 2 N–H and O–H groups in total. The highest BCUT2D eigenvalue weighted by molar-refractivity contribution is 7.09. The molecule has 1 amide bonds. The van der Waals surface area contributed by atoms with Crippen molar-refractivity contribution in [1.29, 1.82) is 0 Å². The highest BCUT2D eigenvalue weighted by atomic mass is 32.1. The van der Waals surface area contributed by atoms with Gasteiger partial charge in [0.1, 0.15) is 5.01 Å². The average molecular weight is 237 g/mol. The van der Waals surface area contributed by atoms with E-state index in [1.165, 1.54) is 5.57 Å². The third kappa shape index (κ3) is 2.31. The van der Waals surface area contributed by atoms with Crippen molar-refractivity contribution in [3.8, 4) is 0 Å². The molecular weight excluding hydrogens is 222 g/mol. The molecule has 1 unspecified atom stereocenters. The second kappa shape index (κ2) is 4.76. The molecule has 1 atom stereocenters. The Labute approximate surface area is 98.8 Å². The topological polar surface area (TPSA) is 54.0 Å². The van der Waals surface area contributed by atoms with Crippen molar-refractivity contribution in [2.24, 2.45) is 0 Å². The van der Waals surface area contributed by atoms with E-state index in [0.717, 1.165) is 23.7 Å². The van der Waals surface area contributed by atoms with E-state index in [4.69, 9.17) is 0 Å². The van der Waals surface area contributed by atoms with E-state index in [1.54, 1.807) is 17.5 Å². The van der Waals surface area contributed by atoms with Crippen LogP contribution in [0.1, 0.15) is 24.9 Å². The van der Waals surface area contributed by atoms with Gasteiger partial charge in [0.2, 0.25) is 5.91 Å². The molecule has 1 aliphatic heterocycles. The van der Waals surface area contributed by atoms with Gasteiger partial charge in [-0.2, -0.15) is 0 Å². The zero-order valence-corrected chi connectivity index (χ0v) is 10.2. The lowest BCUT2D eigenvalue weighted by atomic mass is 10.0.